The number of hydrazine groups is 1. The van der Waals surface area contributed by atoms with E-state index in [-0.39, 0.29) is 11.6 Å². The van der Waals surface area contributed by atoms with Crippen LogP contribution < -0.4 is 16.0 Å². The Morgan fingerprint density at radius 1 is 1.30 bits per heavy atom. The fourth-order valence-corrected chi connectivity index (χ4v) is 2.80. The monoisotopic (exact) mass is 281 g/mol. The van der Waals surface area contributed by atoms with Gasteiger partial charge in [0.1, 0.15) is 5.69 Å². The predicted molar refractivity (Wildman–Crippen MR) is 80.3 cm³/mol. The van der Waals surface area contributed by atoms with Crippen molar-refractivity contribution < 1.29 is 4.74 Å². The van der Waals surface area contributed by atoms with Crippen molar-refractivity contribution in [2.45, 2.75) is 45.7 Å². The van der Waals surface area contributed by atoms with E-state index < -0.39 is 0 Å². The summed E-state index contributed by atoms with van der Waals surface area (Å²) in [5.41, 5.74) is 3.49. The van der Waals surface area contributed by atoms with Crippen molar-refractivity contribution in [3.8, 4) is 5.88 Å². The van der Waals surface area contributed by atoms with Gasteiger partial charge in [-0.05, 0) is 26.4 Å². The van der Waals surface area contributed by atoms with Gasteiger partial charge in [-0.25, -0.2) is 10.4 Å². The van der Waals surface area contributed by atoms with Gasteiger partial charge < -0.3 is 4.74 Å². The summed E-state index contributed by atoms with van der Waals surface area (Å²) in [6, 6.07) is -0.156. The minimum absolute atomic E-state index is 0.156. The van der Waals surface area contributed by atoms with Gasteiger partial charge in [-0.2, -0.15) is 0 Å². The molecular weight excluding hydrogens is 254 g/mol. The van der Waals surface area contributed by atoms with Crippen LogP contribution in [-0.4, -0.2) is 40.6 Å². The van der Waals surface area contributed by atoms with E-state index >= 15 is 0 Å². The Morgan fingerprint density at radius 3 is 2.35 bits per heavy atom. The van der Waals surface area contributed by atoms with Crippen LogP contribution in [0.15, 0.2) is 12.4 Å². The Labute approximate surface area is 121 Å². The van der Waals surface area contributed by atoms with Crippen LogP contribution in [-0.2, 0) is 0 Å². The van der Waals surface area contributed by atoms with E-state index in [0.29, 0.717) is 5.88 Å². The molecule has 1 heterocycles. The zero-order valence-electron chi connectivity index (χ0n) is 13.2. The predicted octanol–water partition coefficient (Wildman–Crippen LogP) is 1.50. The number of methoxy groups -OCH3 is 1. The molecule has 0 aromatic carbocycles. The van der Waals surface area contributed by atoms with Crippen molar-refractivity contribution in [1.82, 2.24) is 20.3 Å². The average molecular weight is 281 g/mol. The minimum Gasteiger partial charge on any atom is -0.480 e. The number of likely N-dealkylation sites (N-methyl/N-ethyl adjacent to an activating group) is 1. The number of hydrogen-bond acceptors (Lipinski definition) is 6. The summed E-state index contributed by atoms with van der Waals surface area (Å²) in [5, 5.41) is 0. The molecule has 0 aliphatic heterocycles. The largest absolute Gasteiger partial charge is 0.480 e. The third-order valence-electron chi connectivity index (χ3n) is 4.15. The molecule has 0 fully saturated rings. The normalized spacial score (nSPS) is 15.9. The lowest BCUT2D eigenvalue weighted by Crippen LogP contribution is -2.56. The van der Waals surface area contributed by atoms with Crippen LogP contribution in [0.3, 0.4) is 0 Å². The van der Waals surface area contributed by atoms with Crippen LogP contribution in [0, 0.1) is 0 Å². The van der Waals surface area contributed by atoms with Gasteiger partial charge in [-0.1, -0.05) is 20.8 Å². The molecule has 0 amide bonds. The van der Waals surface area contributed by atoms with Crippen LogP contribution in [0.1, 0.15) is 45.9 Å². The number of ether oxygens (including phenoxy) is 1. The summed E-state index contributed by atoms with van der Waals surface area (Å²) in [6.45, 7) is 10.5. The lowest BCUT2D eigenvalue weighted by atomic mass is 9.85. The third kappa shape index (κ3) is 3.08. The summed E-state index contributed by atoms with van der Waals surface area (Å²) in [5.74, 6) is 6.35. The van der Waals surface area contributed by atoms with Gasteiger partial charge in [-0.15, -0.1) is 0 Å². The molecule has 2 unspecified atom stereocenters. The number of nitrogens with zero attached hydrogens (tertiary/aromatic N) is 3. The number of hydrogen-bond donors (Lipinski definition) is 2. The van der Waals surface area contributed by atoms with Crippen LogP contribution in [0.2, 0.25) is 0 Å². The SMILES string of the molecule is CCN(CC)C(C)(CC)C(NN)c1nccnc1OC. The van der Waals surface area contributed by atoms with Crippen molar-refractivity contribution in [2.24, 2.45) is 5.84 Å². The Morgan fingerprint density at radius 2 is 1.90 bits per heavy atom. The van der Waals surface area contributed by atoms with Gasteiger partial charge in [0.25, 0.3) is 0 Å². The van der Waals surface area contributed by atoms with E-state index in [9.17, 15) is 0 Å². The third-order valence-corrected chi connectivity index (χ3v) is 4.15. The molecular formula is C14H27N5O. The summed E-state index contributed by atoms with van der Waals surface area (Å²) >= 11 is 0. The van der Waals surface area contributed by atoms with Crippen LogP contribution in [0.25, 0.3) is 0 Å². The Balaban J connectivity index is 3.27. The first-order chi connectivity index (χ1) is 9.58. The summed E-state index contributed by atoms with van der Waals surface area (Å²) < 4.78 is 5.33. The molecule has 0 spiro atoms. The first kappa shape index (κ1) is 16.8. The van der Waals surface area contributed by atoms with E-state index in [2.05, 4.69) is 48.0 Å². The second-order valence-electron chi connectivity index (χ2n) is 4.93. The molecule has 6 nitrogen and oxygen atoms in total. The molecule has 1 rings (SSSR count). The lowest BCUT2D eigenvalue weighted by Gasteiger charge is -2.45. The van der Waals surface area contributed by atoms with Gasteiger partial charge >= 0.3 is 0 Å². The highest BCUT2D eigenvalue weighted by atomic mass is 16.5. The maximum atomic E-state index is 5.84. The summed E-state index contributed by atoms with van der Waals surface area (Å²) in [6.07, 6.45) is 4.22. The van der Waals surface area contributed by atoms with Gasteiger partial charge in [0.05, 0.1) is 13.2 Å². The highest BCUT2D eigenvalue weighted by molar-refractivity contribution is 5.25. The maximum Gasteiger partial charge on any atom is 0.237 e. The molecule has 1 aromatic rings. The van der Waals surface area contributed by atoms with Crippen molar-refractivity contribution in [1.29, 1.82) is 0 Å². The van der Waals surface area contributed by atoms with Gasteiger partial charge in [0.15, 0.2) is 0 Å². The fourth-order valence-electron chi connectivity index (χ4n) is 2.80. The lowest BCUT2D eigenvalue weighted by molar-refractivity contribution is 0.0669. The average Bonchev–Trinajstić information content (AvgIpc) is 2.49. The minimum atomic E-state index is -0.165. The molecule has 20 heavy (non-hydrogen) atoms. The molecule has 0 saturated carbocycles. The molecule has 0 aliphatic rings. The van der Waals surface area contributed by atoms with Crippen molar-refractivity contribution in [3.63, 3.8) is 0 Å². The van der Waals surface area contributed by atoms with E-state index in [0.717, 1.165) is 25.2 Å². The van der Waals surface area contributed by atoms with E-state index in [1.807, 2.05) is 0 Å². The van der Waals surface area contributed by atoms with Gasteiger partial charge in [0, 0.05) is 17.9 Å². The van der Waals surface area contributed by atoms with Crippen molar-refractivity contribution >= 4 is 0 Å². The molecule has 3 N–H and O–H groups in total. The van der Waals surface area contributed by atoms with Crippen LogP contribution in [0.4, 0.5) is 0 Å². The molecule has 0 saturated heterocycles. The highest BCUT2D eigenvalue weighted by Crippen LogP contribution is 2.35. The number of nitrogens with two attached hydrogens (primary N) is 1. The van der Waals surface area contributed by atoms with Crippen LogP contribution in [0.5, 0.6) is 5.88 Å². The fraction of sp³-hybridized carbons (Fsp3) is 0.714. The Bertz CT molecular complexity index is 410. The van der Waals surface area contributed by atoms with E-state index in [1.54, 1.807) is 19.5 Å². The smallest absolute Gasteiger partial charge is 0.237 e. The second kappa shape index (κ2) is 7.52. The first-order valence-electron chi connectivity index (χ1n) is 7.14. The molecule has 114 valence electrons. The topological polar surface area (TPSA) is 76.3 Å². The van der Waals surface area contributed by atoms with E-state index in [1.165, 1.54) is 0 Å². The molecule has 6 heteroatoms. The molecule has 1 aromatic heterocycles. The second-order valence-corrected chi connectivity index (χ2v) is 4.93. The maximum absolute atomic E-state index is 5.84. The van der Waals surface area contributed by atoms with Crippen molar-refractivity contribution in [3.05, 3.63) is 18.1 Å². The zero-order valence-corrected chi connectivity index (χ0v) is 13.2. The number of rotatable bonds is 8. The van der Waals surface area contributed by atoms with E-state index in [4.69, 9.17) is 10.6 Å². The summed E-state index contributed by atoms with van der Waals surface area (Å²) in [4.78, 5) is 11.0. The molecule has 0 radical (unpaired) electrons. The van der Waals surface area contributed by atoms with Crippen LogP contribution >= 0.6 is 0 Å². The quantitative estimate of drug-likeness (QED) is 0.555. The molecule has 0 aliphatic carbocycles. The molecule has 2 atom stereocenters. The number of nitrogens with one attached hydrogen (secondary N) is 1. The zero-order chi connectivity index (χ0) is 15.2. The highest BCUT2D eigenvalue weighted by Gasteiger charge is 2.40. The number of aromatic nitrogens is 2. The Kier molecular flexibility index (Phi) is 6.32. The first-order valence-corrected chi connectivity index (χ1v) is 7.14. The van der Waals surface area contributed by atoms with Gasteiger partial charge in [0.2, 0.25) is 5.88 Å². The van der Waals surface area contributed by atoms with Crippen molar-refractivity contribution in [2.75, 3.05) is 20.2 Å². The Hall–Kier alpha value is -1.24. The standard InChI is InChI=1S/C14H27N5O/c1-6-14(4,19(7-2)8-3)12(18-15)11-13(20-5)17-10-9-16-11/h9-10,12,18H,6-8,15H2,1-5H3. The van der Waals surface area contributed by atoms with Gasteiger partial charge in [-0.3, -0.25) is 15.7 Å². The molecule has 0 bridgehead atoms. The summed E-state index contributed by atoms with van der Waals surface area (Å²) in [7, 11) is 1.60.